The highest BCUT2D eigenvalue weighted by Crippen LogP contribution is 2.20. The van der Waals surface area contributed by atoms with E-state index in [0.717, 1.165) is 21.3 Å². The highest BCUT2D eigenvalue weighted by molar-refractivity contribution is 7.92. The van der Waals surface area contributed by atoms with Gasteiger partial charge >= 0.3 is 0 Å². The Morgan fingerprint density at radius 3 is 2.15 bits per heavy atom. The minimum Gasteiger partial charge on any atom is -0.237 e. The number of rotatable bonds is 3. The van der Waals surface area contributed by atoms with Crippen molar-refractivity contribution in [3.05, 3.63) is 47.3 Å². The summed E-state index contributed by atoms with van der Waals surface area (Å²) in [5.74, 6) is 0.184. The number of anilines is 1. The summed E-state index contributed by atoms with van der Waals surface area (Å²) in [4.78, 5) is 8.61. The van der Waals surface area contributed by atoms with Crippen molar-refractivity contribution in [2.75, 3.05) is 11.4 Å². The molecule has 0 bridgehead atoms. The molecule has 0 atom stereocenters. The molecule has 0 fully saturated rings. The van der Waals surface area contributed by atoms with Gasteiger partial charge in [0.15, 0.2) is 0 Å². The zero-order valence-electron chi connectivity index (χ0n) is 12.0. The monoisotopic (exact) mass is 291 g/mol. The van der Waals surface area contributed by atoms with Crippen LogP contribution in [0.25, 0.3) is 0 Å². The summed E-state index contributed by atoms with van der Waals surface area (Å²) in [6, 6.07) is 8.58. The first-order valence-electron chi connectivity index (χ1n) is 6.18. The second-order valence-electron chi connectivity index (χ2n) is 4.74. The van der Waals surface area contributed by atoms with Crippen molar-refractivity contribution in [2.45, 2.75) is 25.7 Å². The number of aryl methyl sites for hydroxylation is 3. The molecule has 0 saturated carbocycles. The highest BCUT2D eigenvalue weighted by Gasteiger charge is 2.23. The number of hydrogen-bond acceptors (Lipinski definition) is 4. The first-order valence-corrected chi connectivity index (χ1v) is 7.62. The Balaban J connectivity index is 2.48. The Morgan fingerprint density at radius 2 is 1.60 bits per heavy atom. The van der Waals surface area contributed by atoms with E-state index in [0.29, 0.717) is 0 Å². The molecule has 106 valence electrons. The van der Waals surface area contributed by atoms with Gasteiger partial charge in [-0.3, -0.25) is 0 Å². The molecule has 0 unspecified atom stereocenters. The van der Waals surface area contributed by atoms with Crippen LogP contribution in [0.15, 0.2) is 35.2 Å². The van der Waals surface area contributed by atoms with Gasteiger partial charge in [-0.2, -0.15) is 0 Å². The molecular formula is C14H17N3O2S. The zero-order chi connectivity index (χ0) is 14.9. The van der Waals surface area contributed by atoms with Crippen LogP contribution in [0.5, 0.6) is 0 Å². The fourth-order valence-corrected chi connectivity index (χ4v) is 3.09. The first-order chi connectivity index (χ1) is 9.30. The molecule has 0 saturated heterocycles. The second-order valence-corrected chi connectivity index (χ2v) is 6.71. The van der Waals surface area contributed by atoms with Crippen molar-refractivity contribution >= 4 is 16.0 Å². The molecule has 0 radical (unpaired) electrons. The maximum Gasteiger partial charge on any atom is 0.266 e. The molecule has 1 aromatic carbocycles. The van der Waals surface area contributed by atoms with Crippen LogP contribution in [0.3, 0.4) is 0 Å². The molecule has 5 nitrogen and oxygen atoms in total. The van der Waals surface area contributed by atoms with Gasteiger partial charge in [-0.05, 0) is 44.5 Å². The van der Waals surface area contributed by atoms with Crippen molar-refractivity contribution < 1.29 is 8.42 Å². The molecular weight excluding hydrogens is 274 g/mol. The van der Waals surface area contributed by atoms with Crippen molar-refractivity contribution in [1.29, 1.82) is 0 Å². The predicted octanol–water partition coefficient (Wildman–Crippen LogP) is 2.23. The molecule has 0 amide bonds. The quantitative estimate of drug-likeness (QED) is 0.870. The zero-order valence-corrected chi connectivity index (χ0v) is 12.8. The average Bonchev–Trinajstić information content (AvgIpc) is 2.36. The maximum absolute atomic E-state index is 12.6. The summed E-state index contributed by atoms with van der Waals surface area (Å²) in [5, 5.41) is 0. The standard InChI is InChI=1S/C14H17N3O2S/c1-10-6-5-7-13(8-10)20(18,19)17(4)14-15-11(2)9-12(3)16-14/h5-9H,1-4H3. The minimum atomic E-state index is -3.64. The van der Waals surface area contributed by atoms with E-state index in [1.807, 2.05) is 26.8 Å². The Bertz CT molecular complexity index is 722. The van der Waals surface area contributed by atoms with E-state index in [4.69, 9.17) is 0 Å². The number of sulfonamides is 1. The topological polar surface area (TPSA) is 63.2 Å². The predicted molar refractivity (Wildman–Crippen MR) is 78.3 cm³/mol. The van der Waals surface area contributed by atoms with E-state index in [1.54, 1.807) is 24.3 Å². The molecule has 6 heteroatoms. The van der Waals surface area contributed by atoms with Gasteiger partial charge < -0.3 is 0 Å². The normalized spacial score (nSPS) is 11.4. The Labute approximate surface area is 119 Å². The average molecular weight is 291 g/mol. The van der Waals surface area contributed by atoms with Crippen LogP contribution < -0.4 is 4.31 Å². The van der Waals surface area contributed by atoms with Crippen molar-refractivity contribution in [2.24, 2.45) is 0 Å². The molecule has 0 aliphatic rings. The number of nitrogens with zero attached hydrogens (tertiary/aromatic N) is 3. The molecule has 1 heterocycles. The number of aromatic nitrogens is 2. The van der Waals surface area contributed by atoms with Gasteiger partial charge in [-0.25, -0.2) is 22.7 Å². The lowest BCUT2D eigenvalue weighted by Gasteiger charge is -2.18. The lowest BCUT2D eigenvalue weighted by atomic mass is 10.2. The second kappa shape index (κ2) is 5.20. The third kappa shape index (κ3) is 2.80. The van der Waals surface area contributed by atoms with Crippen molar-refractivity contribution in [1.82, 2.24) is 9.97 Å². The first kappa shape index (κ1) is 14.5. The van der Waals surface area contributed by atoms with Crippen LogP contribution in [0.1, 0.15) is 17.0 Å². The fourth-order valence-electron chi connectivity index (χ4n) is 1.89. The summed E-state index contributed by atoms with van der Waals surface area (Å²) in [5.41, 5.74) is 2.36. The van der Waals surface area contributed by atoms with Gasteiger partial charge in [0.2, 0.25) is 5.95 Å². The van der Waals surface area contributed by atoms with Gasteiger partial charge in [0.1, 0.15) is 0 Å². The third-order valence-electron chi connectivity index (χ3n) is 2.90. The Hall–Kier alpha value is -1.95. The highest BCUT2D eigenvalue weighted by atomic mass is 32.2. The van der Waals surface area contributed by atoms with Gasteiger partial charge in [0, 0.05) is 18.4 Å². The molecule has 1 aromatic heterocycles. The van der Waals surface area contributed by atoms with E-state index in [2.05, 4.69) is 9.97 Å². The van der Waals surface area contributed by atoms with E-state index in [1.165, 1.54) is 7.05 Å². The van der Waals surface area contributed by atoms with Crippen molar-refractivity contribution in [3.8, 4) is 0 Å². The Kier molecular flexibility index (Phi) is 3.76. The van der Waals surface area contributed by atoms with Crippen LogP contribution in [0.4, 0.5) is 5.95 Å². The molecule has 2 rings (SSSR count). The summed E-state index contributed by atoms with van der Waals surface area (Å²) in [7, 11) is -2.18. The van der Waals surface area contributed by atoms with Gasteiger partial charge in [-0.1, -0.05) is 12.1 Å². The fraction of sp³-hybridized carbons (Fsp3) is 0.286. The van der Waals surface area contributed by atoms with Crippen LogP contribution >= 0.6 is 0 Å². The Morgan fingerprint density at radius 1 is 1.00 bits per heavy atom. The van der Waals surface area contributed by atoms with E-state index >= 15 is 0 Å². The van der Waals surface area contributed by atoms with Crippen LogP contribution in [0.2, 0.25) is 0 Å². The molecule has 0 N–H and O–H groups in total. The maximum atomic E-state index is 12.6. The lowest BCUT2D eigenvalue weighted by Crippen LogP contribution is -2.28. The number of benzene rings is 1. The lowest BCUT2D eigenvalue weighted by molar-refractivity contribution is 0.593. The summed E-state index contributed by atoms with van der Waals surface area (Å²) < 4.78 is 26.2. The van der Waals surface area contributed by atoms with Crippen LogP contribution in [0, 0.1) is 20.8 Å². The van der Waals surface area contributed by atoms with Gasteiger partial charge in [0.05, 0.1) is 4.90 Å². The van der Waals surface area contributed by atoms with E-state index < -0.39 is 10.0 Å². The van der Waals surface area contributed by atoms with E-state index in [9.17, 15) is 8.42 Å². The molecule has 20 heavy (non-hydrogen) atoms. The summed E-state index contributed by atoms with van der Waals surface area (Å²) >= 11 is 0. The minimum absolute atomic E-state index is 0.184. The summed E-state index contributed by atoms with van der Waals surface area (Å²) in [6.07, 6.45) is 0. The molecule has 0 aliphatic heterocycles. The van der Waals surface area contributed by atoms with Crippen LogP contribution in [-0.2, 0) is 10.0 Å². The third-order valence-corrected chi connectivity index (χ3v) is 4.63. The SMILES string of the molecule is Cc1cccc(S(=O)(=O)N(C)c2nc(C)cc(C)n2)c1. The largest absolute Gasteiger partial charge is 0.266 e. The molecule has 0 aliphatic carbocycles. The van der Waals surface area contributed by atoms with E-state index in [-0.39, 0.29) is 10.8 Å². The number of hydrogen-bond donors (Lipinski definition) is 0. The molecule has 0 spiro atoms. The van der Waals surface area contributed by atoms with Gasteiger partial charge in [0.25, 0.3) is 10.0 Å². The molecule has 2 aromatic rings. The van der Waals surface area contributed by atoms with Crippen molar-refractivity contribution in [3.63, 3.8) is 0 Å². The van der Waals surface area contributed by atoms with Gasteiger partial charge in [-0.15, -0.1) is 0 Å². The smallest absolute Gasteiger partial charge is 0.237 e. The van der Waals surface area contributed by atoms with Crippen LogP contribution in [-0.4, -0.2) is 25.4 Å². The summed E-state index contributed by atoms with van der Waals surface area (Å²) in [6.45, 7) is 5.48.